The lowest BCUT2D eigenvalue weighted by molar-refractivity contribution is 0.450. The van der Waals surface area contributed by atoms with Crippen LogP contribution >= 0.6 is 28.1 Å². The maximum absolute atomic E-state index is 5.85. The van der Waals surface area contributed by atoms with Crippen molar-refractivity contribution in [2.45, 2.75) is 38.6 Å². The van der Waals surface area contributed by atoms with Crippen LogP contribution in [0, 0.1) is 0 Å². The molecule has 4 heteroatoms. The molecule has 1 atom stereocenters. The molecular formula is C14H19BrN2S. The predicted octanol–water partition coefficient (Wildman–Crippen LogP) is 3.85. The van der Waals surface area contributed by atoms with Crippen molar-refractivity contribution in [3.63, 3.8) is 0 Å². The summed E-state index contributed by atoms with van der Waals surface area (Å²) in [5.41, 5.74) is 8.03. The molecule has 0 bridgehead atoms. The second-order valence-corrected chi connectivity index (χ2v) is 6.13. The van der Waals surface area contributed by atoms with Crippen LogP contribution in [0.15, 0.2) is 22.7 Å². The maximum Gasteiger partial charge on any atom is 0.106 e. The average molecular weight is 327 g/mol. The lowest BCUT2D eigenvalue weighted by atomic mass is 9.98. The highest BCUT2D eigenvalue weighted by Crippen LogP contribution is 2.31. The van der Waals surface area contributed by atoms with E-state index in [4.69, 9.17) is 18.0 Å². The smallest absolute Gasteiger partial charge is 0.106 e. The second kappa shape index (κ2) is 6.02. The molecule has 2 N–H and O–H groups in total. The maximum atomic E-state index is 5.85. The number of hydrogen-bond donors (Lipinski definition) is 1. The topological polar surface area (TPSA) is 29.3 Å². The summed E-state index contributed by atoms with van der Waals surface area (Å²) in [4.78, 5) is 2.96. The summed E-state index contributed by atoms with van der Waals surface area (Å²) in [6, 6.07) is 6.77. The summed E-state index contributed by atoms with van der Waals surface area (Å²) in [7, 11) is 0. The summed E-state index contributed by atoms with van der Waals surface area (Å²) in [6.45, 7) is 3.35. The zero-order valence-electron chi connectivity index (χ0n) is 10.7. The highest BCUT2D eigenvalue weighted by Gasteiger charge is 2.23. The highest BCUT2D eigenvalue weighted by molar-refractivity contribution is 9.10. The molecule has 0 amide bonds. The first kappa shape index (κ1) is 13.8. The summed E-state index contributed by atoms with van der Waals surface area (Å²) in [5.74, 6) is 0. The second-order valence-electron chi connectivity index (χ2n) is 4.78. The molecule has 1 aliphatic heterocycles. The van der Waals surface area contributed by atoms with E-state index in [9.17, 15) is 0 Å². The Bertz CT molecular complexity index is 447. The largest absolute Gasteiger partial charge is 0.389 e. The number of halogens is 1. The third-order valence-corrected chi connectivity index (χ3v) is 4.35. The molecule has 1 aromatic rings. The van der Waals surface area contributed by atoms with E-state index in [-0.39, 0.29) is 0 Å². The van der Waals surface area contributed by atoms with Crippen molar-refractivity contribution in [1.29, 1.82) is 0 Å². The van der Waals surface area contributed by atoms with Crippen LogP contribution in [0.3, 0.4) is 0 Å². The first-order valence-corrected chi connectivity index (χ1v) is 7.69. The summed E-state index contributed by atoms with van der Waals surface area (Å²) < 4.78 is 1.08. The van der Waals surface area contributed by atoms with Crippen molar-refractivity contribution in [3.05, 3.63) is 28.2 Å². The zero-order chi connectivity index (χ0) is 13.1. The molecule has 2 nitrogen and oxygen atoms in total. The molecule has 0 radical (unpaired) electrons. The van der Waals surface area contributed by atoms with Crippen LogP contribution in [0.2, 0.25) is 0 Å². The monoisotopic (exact) mass is 326 g/mol. The molecule has 1 aliphatic rings. The van der Waals surface area contributed by atoms with Gasteiger partial charge in [-0.25, -0.2) is 0 Å². The fourth-order valence-corrected chi connectivity index (χ4v) is 3.21. The molecule has 1 heterocycles. The van der Waals surface area contributed by atoms with Crippen LogP contribution in [-0.2, 0) is 0 Å². The van der Waals surface area contributed by atoms with Crippen molar-refractivity contribution in [2.24, 2.45) is 5.73 Å². The molecule has 1 aromatic carbocycles. The van der Waals surface area contributed by atoms with Crippen LogP contribution in [0.1, 0.15) is 38.2 Å². The number of hydrogen-bond acceptors (Lipinski definition) is 2. The lowest BCUT2D eigenvalue weighted by Gasteiger charge is -2.38. The van der Waals surface area contributed by atoms with Crippen molar-refractivity contribution in [3.8, 4) is 0 Å². The molecule has 1 unspecified atom stereocenters. The van der Waals surface area contributed by atoms with Crippen LogP contribution in [0.25, 0.3) is 0 Å². The van der Waals surface area contributed by atoms with E-state index in [1.807, 2.05) is 12.1 Å². The van der Waals surface area contributed by atoms with Crippen molar-refractivity contribution in [1.82, 2.24) is 0 Å². The number of thiocarbonyl (C=S) groups is 1. The summed E-state index contributed by atoms with van der Waals surface area (Å²) in [6.07, 6.45) is 5.01. The Labute approximate surface area is 123 Å². The number of piperidine rings is 1. The van der Waals surface area contributed by atoms with E-state index < -0.39 is 0 Å². The standard InChI is InChI=1S/C14H19BrN2S/c1-2-11-5-3-4-8-17(11)13-9-10(15)6-7-12(13)14(16)18/h6-7,9,11H,2-5,8H2,1H3,(H2,16,18). The molecular weight excluding hydrogens is 308 g/mol. The van der Waals surface area contributed by atoms with E-state index in [0.717, 1.165) is 16.6 Å². The third kappa shape index (κ3) is 2.86. The first-order chi connectivity index (χ1) is 8.63. The Hall–Kier alpha value is -0.610. The number of anilines is 1. The minimum atomic E-state index is 0.484. The van der Waals surface area contributed by atoms with E-state index in [0.29, 0.717) is 11.0 Å². The fourth-order valence-electron chi connectivity index (χ4n) is 2.69. The molecule has 0 aromatic heterocycles. The van der Waals surface area contributed by atoms with E-state index in [2.05, 4.69) is 33.8 Å². The van der Waals surface area contributed by atoms with Crippen LogP contribution < -0.4 is 10.6 Å². The van der Waals surface area contributed by atoms with E-state index >= 15 is 0 Å². The zero-order valence-corrected chi connectivity index (χ0v) is 13.1. The van der Waals surface area contributed by atoms with Crippen LogP contribution in [0.5, 0.6) is 0 Å². The van der Waals surface area contributed by atoms with Gasteiger partial charge in [-0.2, -0.15) is 0 Å². The third-order valence-electron chi connectivity index (χ3n) is 3.63. The number of nitrogens with two attached hydrogens (primary N) is 1. The van der Waals surface area contributed by atoms with Gasteiger partial charge in [0, 0.05) is 28.3 Å². The first-order valence-electron chi connectivity index (χ1n) is 6.49. The Morgan fingerprint density at radius 3 is 2.94 bits per heavy atom. The van der Waals surface area contributed by atoms with Gasteiger partial charge in [-0.3, -0.25) is 0 Å². The van der Waals surface area contributed by atoms with Gasteiger partial charge in [0.2, 0.25) is 0 Å². The van der Waals surface area contributed by atoms with Crippen molar-refractivity contribution >= 4 is 38.8 Å². The van der Waals surface area contributed by atoms with Crippen molar-refractivity contribution < 1.29 is 0 Å². The van der Waals surface area contributed by atoms with Gasteiger partial charge in [0.15, 0.2) is 0 Å². The molecule has 0 aliphatic carbocycles. The quantitative estimate of drug-likeness (QED) is 0.855. The van der Waals surface area contributed by atoms with E-state index in [1.165, 1.54) is 31.4 Å². The molecule has 0 spiro atoms. The van der Waals surface area contributed by atoms with Gasteiger partial charge in [0.25, 0.3) is 0 Å². The number of nitrogens with zero attached hydrogens (tertiary/aromatic N) is 1. The van der Waals surface area contributed by atoms with Crippen LogP contribution in [0.4, 0.5) is 5.69 Å². The van der Waals surface area contributed by atoms with Gasteiger partial charge in [-0.15, -0.1) is 0 Å². The van der Waals surface area contributed by atoms with Gasteiger partial charge in [0.1, 0.15) is 4.99 Å². The normalized spacial score (nSPS) is 19.9. The van der Waals surface area contributed by atoms with Gasteiger partial charge in [0.05, 0.1) is 0 Å². The fraction of sp³-hybridized carbons (Fsp3) is 0.500. The molecule has 18 heavy (non-hydrogen) atoms. The van der Waals surface area contributed by atoms with Gasteiger partial charge in [-0.1, -0.05) is 35.1 Å². The molecule has 98 valence electrons. The Balaban J connectivity index is 2.41. The Kier molecular flexibility index (Phi) is 4.62. The van der Waals surface area contributed by atoms with Gasteiger partial charge >= 0.3 is 0 Å². The van der Waals surface area contributed by atoms with E-state index in [1.54, 1.807) is 0 Å². The Morgan fingerprint density at radius 2 is 2.28 bits per heavy atom. The number of rotatable bonds is 3. The van der Waals surface area contributed by atoms with Crippen molar-refractivity contribution in [2.75, 3.05) is 11.4 Å². The Morgan fingerprint density at radius 1 is 1.50 bits per heavy atom. The number of benzene rings is 1. The van der Waals surface area contributed by atoms with Gasteiger partial charge < -0.3 is 10.6 Å². The summed E-state index contributed by atoms with van der Waals surface area (Å²) >= 11 is 8.72. The lowest BCUT2D eigenvalue weighted by Crippen LogP contribution is -2.40. The van der Waals surface area contributed by atoms with Gasteiger partial charge in [-0.05, 0) is 43.9 Å². The minimum absolute atomic E-state index is 0.484. The van der Waals surface area contributed by atoms with Crippen LogP contribution in [-0.4, -0.2) is 17.6 Å². The molecule has 0 saturated carbocycles. The highest BCUT2D eigenvalue weighted by atomic mass is 79.9. The molecule has 1 saturated heterocycles. The summed E-state index contributed by atoms with van der Waals surface area (Å²) in [5, 5.41) is 0. The average Bonchev–Trinajstić information content (AvgIpc) is 2.38. The predicted molar refractivity (Wildman–Crippen MR) is 85.3 cm³/mol. The molecule has 2 rings (SSSR count). The molecule has 1 fully saturated rings. The minimum Gasteiger partial charge on any atom is -0.389 e. The SMILES string of the molecule is CCC1CCCCN1c1cc(Br)ccc1C(N)=S.